The van der Waals surface area contributed by atoms with Gasteiger partial charge in [-0.1, -0.05) is 13.3 Å². The molecule has 16 heteroatoms. The average Bonchev–Trinajstić information content (AvgIpc) is 3.23. The van der Waals surface area contributed by atoms with Crippen molar-refractivity contribution in [1.29, 1.82) is 0 Å². The van der Waals surface area contributed by atoms with Crippen molar-refractivity contribution in [3.63, 3.8) is 0 Å². The number of hydrogen-bond donors (Lipinski definition) is 2. The van der Waals surface area contributed by atoms with Crippen molar-refractivity contribution in [3.05, 3.63) is 35.2 Å². The molecule has 0 unspecified atom stereocenters. The highest BCUT2D eigenvalue weighted by Gasteiger charge is 2.34. The number of anilines is 1. The van der Waals surface area contributed by atoms with Gasteiger partial charge in [0.05, 0.1) is 41.7 Å². The van der Waals surface area contributed by atoms with E-state index in [4.69, 9.17) is 19.5 Å². The average molecular weight is 629 g/mol. The number of sulfonamides is 1. The number of ether oxygens (including phenoxy) is 1. The lowest BCUT2D eigenvalue weighted by molar-refractivity contribution is 0.0992. The number of hydrogen-bond acceptors (Lipinski definition) is 10. The monoisotopic (exact) mass is 628 g/mol. The van der Waals surface area contributed by atoms with Gasteiger partial charge < -0.3 is 24.8 Å². The standard InChI is InChI=1S/C26H41N6O8PS/c1-6-10-21-23(24(25(27)33)30(5)29-21)28-26(34)20-17-19(11-12-22(20)38-7-2)42(36,37)32-15-13-31(14-16-32)18-41(35,39-8-3)40-9-4/h11-12,17H,6-10,13-16,18H2,1-5H3,(H2,27,33)(H,28,34). The van der Waals surface area contributed by atoms with Crippen LogP contribution in [0.1, 0.15) is 60.7 Å². The summed E-state index contributed by atoms with van der Waals surface area (Å²) in [6, 6.07) is 4.09. The molecule has 0 bridgehead atoms. The molecule has 0 atom stereocenters. The van der Waals surface area contributed by atoms with Gasteiger partial charge >= 0.3 is 7.60 Å². The van der Waals surface area contributed by atoms with Crippen LogP contribution in [0.25, 0.3) is 0 Å². The van der Waals surface area contributed by atoms with Crippen molar-refractivity contribution >= 4 is 35.1 Å². The molecule has 2 amide bonds. The molecule has 0 radical (unpaired) electrons. The molecule has 14 nitrogen and oxygen atoms in total. The minimum absolute atomic E-state index is 0.0207. The smallest absolute Gasteiger partial charge is 0.344 e. The first-order valence-electron chi connectivity index (χ1n) is 13.9. The van der Waals surface area contributed by atoms with Crippen LogP contribution >= 0.6 is 7.60 Å². The lowest BCUT2D eigenvalue weighted by Gasteiger charge is -2.35. The summed E-state index contributed by atoms with van der Waals surface area (Å²) in [5, 5.41) is 7.04. The molecule has 1 aromatic carbocycles. The van der Waals surface area contributed by atoms with Crippen LogP contribution in [0, 0.1) is 0 Å². The van der Waals surface area contributed by atoms with E-state index in [0.717, 1.165) is 0 Å². The number of amides is 2. The number of aromatic nitrogens is 2. The number of carbonyl (C=O) groups is 2. The Balaban J connectivity index is 1.86. The molecule has 1 aromatic heterocycles. The summed E-state index contributed by atoms with van der Waals surface area (Å²) in [5.74, 6) is -1.25. The molecule has 3 rings (SSSR count). The Morgan fingerprint density at radius 2 is 1.69 bits per heavy atom. The Hall–Kier alpha value is -2.81. The number of rotatable bonds is 15. The van der Waals surface area contributed by atoms with Gasteiger partial charge in [0, 0.05) is 33.2 Å². The van der Waals surface area contributed by atoms with Gasteiger partial charge in [-0.05, 0) is 45.4 Å². The molecule has 2 heterocycles. The lowest BCUT2D eigenvalue weighted by Crippen LogP contribution is -2.48. The Labute approximate surface area is 247 Å². The fraction of sp³-hybridized carbons (Fsp3) is 0.577. The van der Waals surface area contributed by atoms with E-state index in [1.807, 2.05) is 11.8 Å². The molecule has 0 spiro atoms. The molecular formula is C26H41N6O8PS. The number of aryl methyl sites for hydroxylation is 2. The number of primary amides is 1. The molecule has 234 valence electrons. The first kappa shape index (κ1) is 33.7. The number of benzene rings is 1. The highest BCUT2D eigenvalue weighted by atomic mass is 32.2. The fourth-order valence-corrected chi connectivity index (χ4v) is 7.98. The van der Waals surface area contributed by atoms with Crippen LogP contribution in [-0.2, 0) is 37.1 Å². The topological polar surface area (TPSA) is 175 Å². The predicted octanol–water partition coefficient (Wildman–Crippen LogP) is 2.65. The lowest BCUT2D eigenvalue weighted by atomic mass is 10.1. The molecule has 3 N–H and O–H groups in total. The highest BCUT2D eigenvalue weighted by molar-refractivity contribution is 7.89. The summed E-state index contributed by atoms with van der Waals surface area (Å²) in [5.41, 5.74) is 6.24. The van der Waals surface area contributed by atoms with Gasteiger partial charge in [-0.25, -0.2) is 8.42 Å². The number of piperazine rings is 1. The Morgan fingerprint density at radius 3 is 2.24 bits per heavy atom. The van der Waals surface area contributed by atoms with E-state index in [1.165, 1.54) is 27.2 Å². The van der Waals surface area contributed by atoms with Crippen LogP contribution < -0.4 is 15.8 Å². The van der Waals surface area contributed by atoms with Gasteiger partial charge in [0.15, 0.2) is 0 Å². The summed E-state index contributed by atoms with van der Waals surface area (Å²) in [7, 11) is -5.76. The summed E-state index contributed by atoms with van der Waals surface area (Å²) in [4.78, 5) is 27.4. The molecule has 0 aliphatic carbocycles. The third-order valence-electron chi connectivity index (χ3n) is 6.57. The van der Waals surface area contributed by atoms with Crippen LogP contribution in [0.4, 0.5) is 5.69 Å². The van der Waals surface area contributed by atoms with Gasteiger partial charge in [0.1, 0.15) is 17.7 Å². The second kappa shape index (κ2) is 14.6. The zero-order chi connectivity index (χ0) is 31.1. The summed E-state index contributed by atoms with van der Waals surface area (Å²) < 4.78 is 59.2. The maximum Gasteiger partial charge on any atom is 0.344 e. The number of nitrogens with two attached hydrogens (primary N) is 1. The van der Waals surface area contributed by atoms with Gasteiger partial charge in [0.2, 0.25) is 10.0 Å². The molecule has 1 aliphatic rings. The van der Waals surface area contributed by atoms with Crippen LogP contribution in [0.2, 0.25) is 0 Å². The van der Waals surface area contributed by atoms with Crippen LogP contribution in [0.15, 0.2) is 23.1 Å². The number of carbonyl (C=O) groups excluding carboxylic acids is 2. The van der Waals surface area contributed by atoms with Crippen LogP contribution in [-0.4, -0.2) is 91.5 Å². The zero-order valence-electron chi connectivity index (χ0n) is 24.8. The van der Waals surface area contributed by atoms with Crippen molar-refractivity contribution in [2.75, 3.05) is 57.6 Å². The molecule has 1 aliphatic heterocycles. The van der Waals surface area contributed by atoms with E-state index in [-0.39, 0.29) is 66.8 Å². The summed E-state index contributed by atoms with van der Waals surface area (Å²) in [6.45, 7) is 8.81. The molecule has 1 fully saturated rings. The van der Waals surface area contributed by atoms with Crippen molar-refractivity contribution in [2.24, 2.45) is 12.8 Å². The zero-order valence-corrected chi connectivity index (χ0v) is 26.5. The third kappa shape index (κ3) is 7.77. The first-order chi connectivity index (χ1) is 19.9. The number of nitrogens with one attached hydrogen (secondary N) is 1. The van der Waals surface area contributed by atoms with E-state index in [1.54, 1.807) is 27.8 Å². The largest absolute Gasteiger partial charge is 0.493 e. The van der Waals surface area contributed by atoms with Crippen LogP contribution in [0.3, 0.4) is 0 Å². The maximum atomic E-state index is 13.6. The minimum atomic E-state index is -4.00. The van der Waals surface area contributed by atoms with Crippen molar-refractivity contribution in [3.8, 4) is 5.75 Å². The van der Waals surface area contributed by atoms with E-state index in [9.17, 15) is 22.6 Å². The second-order valence-corrected chi connectivity index (χ2v) is 13.5. The SMILES string of the molecule is CCCc1nn(C)c(C(N)=O)c1NC(=O)c1cc(S(=O)(=O)N2CCN(CP(=O)(OCC)OCC)CC2)ccc1OCC. The van der Waals surface area contributed by atoms with Crippen molar-refractivity contribution in [1.82, 2.24) is 19.0 Å². The predicted molar refractivity (Wildman–Crippen MR) is 157 cm³/mol. The van der Waals surface area contributed by atoms with Crippen LogP contribution in [0.5, 0.6) is 5.75 Å². The number of nitrogens with zero attached hydrogens (tertiary/aromatic N) is 4. The molecule has 1 saturated heterocycles. The van der Waals surface area contributed by atoms with E-state index in [0.29, 0.717) is 31.6 Å². The van der Waals surface area contributed by atoms with E-state index >= 15 is 0 Å². The molecule has 0 saturated carbocycles. The fourth-order valence-electron chi connectivity index (χ4n) is 4.73. The Morgan fingerprint density at radius 1 is 1.05 bits per heavy atom. The van der Waals surface area contributed by atoms with E-state index in [2.05, 4.69) is 10.4 Å². The van der Waals surface area contributed by atoms with Crippen molar-refractivity contribution in [2.45, 2.75) is 45.4 Å². The highest BCUT2D eigenvalue weighted by Crippen LogP contribution is 2.48. The Kier molecular flexibility index (Phi) is 11.7. The van der Waals surface area contributed by atoms with Gasteiger partial charge in [-0.3, -0.25) is 23.7 Å². The molecular weight excluding hydrogens is 587 g/mol. The minimum Gasteiger partial charge on any atom is -0.493 e. The summed E-state index contributed by atoms with van der Waals surface area (Å²) in [6.07, 6.45) is 1.26. The van der Waals surface area contributed by atoms with Gasteiger partial charge in [-0.2, -0.15) is 9.40 Å². The quantitative estimate of drug-likeness (QED) is 0.279. The molecule has 2 aromatic rings. The Bertz CT molecular complexity index is 1410. The molecule has 42 heavy (non-hydrogen) atoms. The summed E-state index contributed by atoms with van der Waals surface area (Å²) >= 11 is 0. The van der Waals surface area contributed by atoms with Gasteiger partial charge in [0.25, 0.3) is 11.8 Å². The first-order valence-corrected chi connectivity index (χ1v) is 17.1. The maximum absolute atomic E-state index is 13.6. The third-order valence-corrected chi connectivity index (χ3v) is 10.5. The second-order valence-electron chi connectivity index (χ2n) is 9.56. The van der Waals surface area contributed by atoms with E-state index < -0.39 is 29.4 Å². The van der Waals surface area contributed by atoms with Gasteiger partial charge in [-0.15, -0.1) is 0 Å². The normalized spacial score (nSPS) is 15.1. The van der Waals surface area contributed by atoms with Crippen molar-refractivity contribution < 1.29 is 36.4 Å².